The second kappa shape index (κ2) is 8.85. The van der Waals surface area contributed by atoms with Crippen molar-refractivity contribution in [1.29, 1.82) is 0 Å². The lowest BCUT2D eigenvalue weighted by Crippen LogP contribution is -2.57. The summed E-state index contributed by atoms with van der Waals surface area (Å²) in [6.07, 6.45) is 0.0654. The van der Waals surface area contributed by atoms with E-state index in [2.05, 4.69) is 10.6 Å². The average Bonchev–Trinajstić information content (AvgIpc) is 2.66. The van der Waals surface area contributed by atoms with Crippen molar-refractivity contribution in [2.45, 2.75) is 25.9 Å². The minimum absolute atomic E-state index is 0.0559. The van der Waals surface area contributed by atoms with Crippen LogP contribution in [0.1, 0.15) is 18.9 Å². The van der Waals surface area contributed by atoms with Crippen LogP contribution in [0.4, 0.5) is 0 Å². The van der Waals surface area contributed by atoms with Crippen LogP contribution in [0, 0.1) is 0 Å². The first-order valence-electron chi connectivity index (χ1n) is 9.35. The number of hydrogen-bond donors (Lipinski definition) is 2. The van der Waals surface area contributed by atoms with Gasteiger partial charge in [0.2, 0.25) is 17.7 Å². The van der Waals surface area contributed by atoms with Crippen molar-refractivity contribution < 1.29 is 19.1 Å². The van der Waals surface area contributed by atoms with E-state index in [0.717, 1.165) is 11.3 Å². The molecule has 27 heavy (non-hydrogen) atoms. The fourth-order valence-electron chi connectivity index (χ4n) is 3.47. The third kappa shape index (κ3) is 4.77. The number of nitrogens with zero attached hydrogens (tertiary/aromatic N) is 2. The fourth-order valence-corrected chi connectivity index (χ4v) is 3.47. The van der Waals surface area contributed by atoms with Crippen LogP contribution in [0.3, 0.4) is 0 Å². The van der Waals surface area contributed by atoms with E-state index in [1.807, 2.05) is 36.1 Å². The molecule has 8 nitrogen and oxygen atoms in total. The van der Waals surface area contributed by atoms with Gasteiger partial charge in [-0.3, -0.25) is 19.3 Å². The van der Waals surface area contributed by atoms with Crippen molar-refractivity contribution in [3.8, 4) is 5.75 Å². The monoisotopic (exact) mass is 374 g/mol. The van der Waals surface area contributed by atoms with Crippen LogP contribution in [-0.2, 0) is 20.9 Å². The van der Waals surface area contributed by atoms with Gasteiger partial charge in [0.25, 0.3) is 0 Å². The minimum Gasteiger partial charge on any atom is -0.494 e. The number of carbonyl (C=O) groups is 3. The third-order valence-corrected chi connectivity index (χ3v) is 4.85. The summed E-state index contributed by atoms with van der Waals surface area (Å²) in [4.78, 5) is 40.2. The maximum atomic E-state index is 12.6. The second-order valence-electron chi connectivity index (χ2n) is 6.69. The molecular formula is C19H26N4O4. The number of benzene rings is 1. The van der Waals surface area contributed by atoms with E-state index in [1.165, 1.54) is 4.90 Å². The number of hydrogen-bond acceptors (Lipinski definition) is 5. The van der Waals surface area contributed by atoms with Crippen LogP contribution in [0.5, 0.6) is 5.75 Å². The molecule has 2 N–H and O–H groups in total. The lowest BCUT2D eigenvalue weighted by Gasteiger charge is -2.36. The normalized spacial score (nSPS) is 20.8. The molecule has 2 aliphatic rings. The average molecular weight is 374 g/mol. The maximum absolute atomic E-state index is 12.6. The standard InChI is InChI=1S/C19H26N4O4/c1-2-27-16-6-4-3-5-14(16)12-22-9-8-21-19(26)15(22)11-18(25)23-10-7-20-17(24)13-23/h3-6,15H,2,7-13H2,1H3,(H,20,24)(H,21,26). The van der Waals surface area contributed by atoms with E-state index >= 15 is 0 Å². The van der Waals surface area contributed by atoms with Crippen molar-refractivity contribution >= 4 is 17.7 Å². The molecule has 146 valence electrons. The summed E-state index contributed by atoms with van der Waals surface area (Å²) >= 11 is 0. The summed E-state index contributed by atoms with van der Waals surface area (Å²) in [5.74, 6) is 0.314. The lowest BCUT2D eigenvalue weighted by atomic mass is 10.1. The molecular weight excluding hydrogens is 348 g/mol. The molecule has 1 aromatic rings. The van der Waals surface area contributed by atoms with Crippen molar-refractivity contribution in [3.63, 3.8) is 0 Å². The molecule has 1 aromatic carbocycles. The molecule has 3 amide bonds. The molecule has 0 radical (unpaired) electrons. The number of para-hydroxylation sites is 1. The number of ether oxygens (including phenoxy) is 1. The fraction of sp³-hybridized carbons (Fsp3) is 0.526. The van der Waals surface area contributed by atoms with Crippen LogP contribution in [0.25, 0.3) is 0 Å². The Kier molecular flexibility index (Phi) is 6.28. The molecule has 0 bridgehead atoms. The largest absolute Gasteiger partial charge is 0.494 e. The highest BCUT2D eigenvalue weighted by Gasteiger charge is 2.34. The Hall–Kier alpha value is -2.61. The molecule has 0 aliphatic carbocycles. The smallest absolute Gasteiger partial charge is 0.239 e. The van der Waals surface area contributed by atoms with Gasteiger partial charge in [0.15, 0.2) is 0 Å². The van der Waals surface area contributed by atoms with Crippen molar-refractivity contribution in [2.75, 3.05) is 39.3 Å². The van der Waals surface area contributed by atoms with Gasteiger partial charge in [-0.1, -0.05) is 18.2 Å². The van der Waals surface area contributed by atoms with Gasteiger partial charge in [-0.2, -0.15) is 0 Å². The minimum atomic E-state index is -0.550. The molecule has 8 heteroatoms. The first-order chi connectivity index (χ1) is 13.1. The molecule has 2 saturated heterocycles. The summed E-state index contributed by atoms with van der Waals surface area (Å²) in [7, 11) is 0. The van der Waals surface area contributed by atoms with Gasteiger partial charge in [-0.05, 0) is 13.0 Å². The molecule has 0 saturated carbocycles. The highest BCUT2D eigenvalue weighted by atomic mass is 16.5. The summed E-state index contributed by atoms with van der Waals surface area (Å²) in [6.45, 7) is 5.22. The van der Waals surface area contributed by atoms with E-state index < -0.39 is 6.04 Å². The number of amides is 3. The van der Waals surface area contributed by atoms with E-state index in [-0.39, 0.29) is 30.7 Å². The van der Waals surface area contributed by atoms with E-state index in [0.29, 0.717) is 39.3 Å². The Morgan fingerprint density at radius 3 is 2.74 bits per heavy atom. The Balaban J connectivity index is 1.71. The summed E-state index contributed by atoms with van der Waals surface area (Å²) in [6, 6.07) is 7.19. The molecule has 1 atom stereocenters. The first kappa shape index (κ1) is 19.2. The molecule has 2 fully saturated rings. The van der Waals surface area contributed by atoms with Gasteiger partial charge in [-0.15, -0.1) is 0 Å². The van der Waals surface area contributed by atoms with E-state index in [1.54, 1.807) is 0 Å². The SMILES string of the molecule is CCOc1ccccc1CN1CCNC(=O)C1CC(=O)N1CCNC(=O)C1. The summed E-state index contributed by atoms with van der Waals surface area (Å²) < 4.78 is 5.68. The lowest BCUT2D eigenvalue weighted by molar-refractivity contribution is -0.142. The van der Waals surface area contributed by atoms with Gasteiger partial charge in [0, 0.05) is 38.3 Å². The third-order valence-electron chi connectivity index (χ3n) is 4.85. The molecule has 0 aromatic heterocycles. The topological polar surface area (TPSA) is 91.0 Å². The summed E-state index contributed by atoms with van der Waals surface area (Å²) in [5.41, 5.74) is 0.990. The van der Waals surface area contributed by atoms with E-state index in [9.17, 15) is 14.4 Å². The molecule has 2 aliphatic heterocycles. The van der Waals surface area contributed by atoms with Gasteiger partial charge in [0.05, 0.1) is 25.6 Å². The van der Waals surface area contributed by atoms with Crippen LogP contribution >= 0.6 is 0 Å². The zero-order valence-corrected chi connectivity index (χ0v) is 15.6. The van der Waals surface area contributed by atoms with Gasteiger partial charge < -0.3 is 20.3 Å². The zero-order valence-electron chi connectivity index (χ0n) is 15.6. The van der Waals surface area contributed by atoms with Crippen LogP contribution in [0.15, 0.2) is 24.3 Å². The Morgan fingerprint density at radius 2 is 1.96 bits per heavy atom. The zero-order chi connectivity index (χ0) is 19.2. The van der Waals surface area contributed by atoms with Crippen LogP contribution in [-0.4, -0.2) is 72.9 Å². The molecule has 0 spiro atoms. The number of piperazine rings is 2. The van der Waals surface area contributed by atoms with E-state index in [4.69, 9.17) is 4.74 Å². The number of carbonyl (C=O) groups excluding carboxylic acids is 3. The Morgan fingerprint density at radius 1 is 1.19 bits per heavy atom. The van der Waals surface area contributed by atoms with Crippen molar-refractivity contribution in [1.82, 2.24) is 20.4 Å². The first-order valence-corrected chi connectivity index (χ1v) is 9.35. The predicted molar refractivity (Wildman–Crippen MR) is 99.0 cm³/mol. The molecule has 2 heterocycles. The van der Waals surface area contributed by atoms with Crippen molar-refractivity contribution in [3.05, 3.63) is 29.8 Å². The van der Waals surface area contributed by atoms with Gasteiger partial charge in [-0.25, -0.2) is 0 Å². The molecule has 3 rings (SSSR count). The second-order valence-corrected chi connectivity index (χ2v) is 6.69. The van der Waals surface area contributed by atoms with Crippen LogP contribution in [0.2, 0.25) is 0 Å². The maximum Gasteiger partial charge on any atom is 0.239 e. The molecule has 1 unspecified atom stereocenters. The van der Waals surface area contributed by atoms with Gasteiger partial charge in [0.1, 0.15) is 5.75 Å². The highest BCUT2D eigenvalue weighted by Crippen LogP contribution is 2.22. The quantitative estimate of drug-likeness (QED) is 0.716. The number of nitrogens with one attached hydrogen (secondary N) is 2. The Bertz CT molecular complexity index is 709. The highest BCUT2D eigenvalue weighted by molar-refractivity contribution is 5.91. The summed E-state index contributed by atoms with van der Waals surface area (Å²) in [5, 5.41) is 5.55. The van der Waals surface area contributed by atoms with Crippen molar-refractivity contribution in [2.24, 2.45) is 0 Å². The van der Waals surface area contributed by atoms with Gasteiger partial charge >= 0.3 is 0 Å². The number of rotatable bonds is 6. The van der Waals surface area contributed by atoms with Crippen LogP contribution < -0.4 is 15.4 Å². The predicted octanol–water partition coefficient (Wildman–Crippen LogP) is -0.266. The Labute approximate surface area is 158 Å².